The van der Waals surface area contributed by atoms with E-state index in [1.807, 2.05) is 36.4 Å². The number of hydrogen-bond donors (Lipinski definition) is 2. The summed E-state index contributed by atoms with van der Waals surface area (Å²) in [6.45, 7) is 2.34. The second-order valence-corrected chi connectivity index (χ2v) is 6.74. The summed E-state index contributed by atoms with van der Waals surface area (Å²) in [6.07, 6.45) is 0. The van der Waals surface area contributed by atoms with Gasteiger partial charge in [-0.2, -0.15) is 0 Å². The van der Waals surface area contributed by atoms with Crippen molar-refractivity contribution in [1.29, 1.82) is 0 Å². The number of halogens is 2. The Morgan fingerprint density at radius 1 is 1.32 bits per heavy atom. The third kappa shape index (κ3) is 5.63. The average Bonchev–Trinajstić information content (AvgIpc) is 2.58. The number of benzene rings is 2. The summed E-state index contributed by atoms with van der Waals surface area (Å²) in [6, 6.07) is 10.4. The fourth-order valence-electron chi connectivity index (χ4n) is 2.12. The first-order valence-electron chi connectivity index (χ1n) is 7.60. The normalized spacial score (nSPS) is 11.8. The molecule has 0 fully saturated rings. The fraction of sp³-hybridized carbons (Fsp3) is 0.278. The zero-order chi connectivity index (χ0) is 18.4. The molecule has 0 aliphatic carbocycles. The van der Waals surface area contributed by atoms with Crippen LogP contribution >= 0.6 is 27.5 Å². The monoisotopic (exact) mass is 427 g/mol. The van der Waals surface area contributed by atoms with Gasteiger partial charge < -0.3 is 19.9 Å². The Hall–Kier alpha value is -1.76. The lowest BCUT2D eigenvalue weighted by atomic mass is 10.2. The predicted molar refractivity (Wildman–Crippen MR) is 100 cm³/mol. The topological polar surface area (TPSA) is 67.8 Å². The molecule has 1 atom stereocenters. The minimum atomic E-state index is -0.899. The van der Waals surface area contributed by atoms with E-state index in [1.54, 1.807) is 14.0 Å². The summed E-state index contributed by atoms with van der Waals surface area (Å²) in [5.74, 6) is 0.263. The number of ether oxygens (including phenoxy) is 2. The van der Waals surface area contributed by atoms with Crippen molar-refractivity contribution in [2.45, 2.75) is 26.1 Å². The number of rotatable bonds is 8. The van der Waals surface area contributed by atoms with Gasteiger partial charge in [-0.15, -0.1) is 0 Å². The van der Waals surface area contributed by atoms with Gasteiger partial charge in [0.2, 0.25) is 0 Å². The van der Waals surface area contributed by atoms with Crippen molar-refractivity contribution in [1.82, 2.24) is 5.32 Å². The maximum absolute atomic E-state index is 10.9. The second-order valence-electron chi connectivity index (χ2n) is 5.45. The standard InChI is InChI=1S/C18H19BrClNO4/c1-11(18(22)23)21-9-13-7-16(24-2)17(8-15(13)19)25-10-12-4-3-5-14(20)6-12/h3-8,11,21H,9-10H2,1-2H3,(H,22,23). The molecular weight excluding hydrogens is 410 g/mol. The van der Waals surface area contributed by atoms with Crippen LogP contribution in [-0.2, 0) is 17.9 Å². The Kier molecular flexibility index (Phi) is 7.11. The quantitative estimate of drug-likeness (QED) is 0.658. The Bertz CT molecular complexity index is 754. The third-order valence-electron chi connectivity index (χ3n) is 3.59. The molecule has 0 spiro atoms. The number of carboxylic acid groups (broad SMARTS) is 1. The molecule has 5 nitrogen and oxygen atoms in total. The largest absolute Gasteiger partial charge is 0.493 e. The third-order valence-corrected chi connectivity index (χ3v) is 4.56. The number of nitrogens with one attached hydrogen (secondary N) is 1. The summed E-state index contributed by atoms with van der Waals surface area (Å²) >= 11 is 9.47. The van der Waals surface area contributed by atoms with Gasteiger partial charge in [0.05, 0.1) is 7.11 Å². The van der Waals surface area contributed by atoms with Crippen LogP contribution in [0, 0.1) is 0 Å². The molecule has 7 heteroatoms. The van der Waals surface area contributed by atoms with Gasteiger partial charge in [0, 0.05) is 16.0 Å². The Balaban J connectivity index is 2.11. The lowest BCUT2D eigenvalue weighted by Gasteiger charge is -2.15. The van der Waals surface area contributed by atoms with Gasteiger partial charge in [0.25, 0.3) is 0 Å². The Morgan fingerprint density at radius 3 is 2.72 bits per heavy atom. The minimum absolute atomic E-state index is 0.358. The summed E-state index contributed by atoms with van der Waals surface area (Å²) in [4.78, 5) is 10.9. The molecule has 2 aromatic rings. The van der Waals surface area contributed by atoms with Gasteiger partial charge in [0.15, 0.2) is 11.5 Å². The van der Waals surface area contributed by atoms with Crippen molar-refractivity contribution in [3.8, 4) is 11.5 Å². The highest BCUT2D eigenvalue weighted by molar-refractivity contribution is 9.10. The first kappa shape index (κ1) is 19.6. The molecule has 1 unspecified atom stereocenters. The van der Waals surface area contributed by atoms with Crippen molar-refractivity contribution < 1.29 is 19.4 Å². The summed E-state index contributed by atoms with van der Waals surface area (Å²) in [7, 11) is 1.56. The van der Waals surface area contributed by atoms with Crippen LogP contribution in [0.3, 0.4) is 0 Å². The van der Waals surface area contributed by atoms with Crippen LogP contribution in [0.5, 0.6) is 11.5 Å². The number of carbonyl (C=O) groups is 1. The van der Waals surface area contributed by atoms with E-state index < -0.39 is 12.0 Å². The Morgan fingerprint density at radius 2 is 2.08 bits per heavy atom. The maximum Gasteiger partial charge on any atom is 0.320 e. The molecular formula is C18H19BrClNO4. The Labute approximate surface area is 160 Å². The molecule has 0 saturated carbocycles. The van der Waals surface area contributed by atoms with Gasteiger partial charge in [-0.3, -0.25) is 4.79 Å². The minimum Gasteiger partial charge on any atom is -0.493 e. The molecule has 25 heavy (non-hydrogen) atoms. The van der Waals surface area contributed by atoms with E-state index in [0.29, 0.717) is 29.7 Å². The van der Waals surface area contributed by atoms with E-state index >= 15 is 0 Å². The molecule has 2 rings (SSSR count). The van der Waals surface area contributed by atoms with Gasteiger partial charge in [-0.25, -0.2) is 0 Å². The second kappa shape index (κ2) is 9.08. The first-order valence-corrected chi connectivity index (χ1v) is 8.77. The van der Waals surface area contributed by atoms with E-state index in [9.17, 15) is 4.79 Å². The maximum atomic E-state index is 10.9. The van der Waals surface area contributed by atoms with Crippen LogP contribution in [0.1, 0.15) is 18.1 Å². The van der Waals surface area contributed by atoms with E-state index in [1.165, 1.54) is 0 Å². The van der Waals surface area contributed by atoms with E-state index in [-0.39, 0.29) is 0 Å². The van der Waals surface area contributed by atoms with Crippen LogP contribution in [0.25, 0.3) is 0 Å². The molecule has 134 valence electrons. The molecule has 0 heterocycles. The molecule has 0 aromatic heterocycles. The lowest BCUT2D eigenvalue weighted by molar-refractivity contribution is -0.139. The predicted octanol–water partition coefficient (Wildman–Crippen LogP) is 4.25. The zero-order valence-corrected chi connectivity index (χ0v) is 16.2. The summed E-state index contributed by atoms with van der Waals surface area (Å²) in [5.41, 5.74) is 1.83. The number of carboxylic acids is 1. The molecule has 0 bridgehead atoms. The zero-order valence-electron chi connectivity index (χ0n) is 13.9. The van der Waals surface area contributed by atoms with Crippen molar-refractivity contribution >= 4 is 33.5 Å². The van der Waals surface area contributed by atoms with Crippen molar-refractivity contribution in [2.24, 2.45) is 0 Å². The van der Waals surface area contributed by atoms with Gasteiger partial charge in [-0.1, -0.05) is 39.7 Å². The van der Waals surface area contributed by atoms with Crippen LogP contribution in [-0.4, -0.2) is 24.2 Å². The number of methoxy groups -OCH3 is 1. The molecule has 2 aromatic carbocycles. The van der Waals surface area contributed by atoms with Gasteiger partial charge in [0.1, 0.15) is 12.6 Å². The van der Waals surface area contributed by atoms with Crippen LogP contribution in [0.4, 0.5) is 0 Å². The molecule has 2 N–H and O–H groups in total. The van der Waals surface area contributed by atoms with Gasteiger partial charge >= 0.3 is 5.97 Å². The van der Waals surface area contributed by atoms with E-state index in [4.69, 9.17) is 26.2 Å². The summed E-state index contributed by atoms with van der Waals surface area (Å²) < 4.78 is 12.0. The van der Waals surface area contributed by atoms with E-state index in [2.05, 4.69) is 21.2 Å². The molecule has 0 aliphatic heterocycles. The van der Waals surface area contributed by atoms with Crippen LogP contribution in [0.15, 0.2) is 40.9 Å². The lowest BCUT2D eigenvalue weighted by Crippen LogP contribution is -2.33. The van der Waals surface area contributed by atoms with Crippen molar-refractivity contribution in [3.63, 3.8) is 0 Å². The SMILES string of the molecule is COc1cc(CNC(C)C(=O)O)c(Br)cc1OCc1cccc(Cl)c1. The smallest absolute Gasteiger partial charge is 0.320 e. The van der Waals surface area contributed by atoms with Crippen LogP contribution < -0.4 is 14.8 Å². The van der Waals surface area contributed by atoms with Crippen molar-refractivity contribution in [3.05, 3.63) is 57.0 Å². The van der Waals surface area contributed by atoms with Crippen molar-refractivity contribution in [2.75, 3.05) is 7.11 Å². The molecule has 0 radical (unpaired) electrons. The average molecular weight is 429 g/mol. The first-order chi connectivity index (χ1) is 11.9. The molecule has 0 saturated heterocycles. The number of hydrogen-bond acceptors (Lipinski definition) is 4. The molecule has 0 amide bonds. The van der Waals surface area contributed by atoms with Gasteiger partial charge in [-0.05, 0) is 42.3 Å². The number of aliphatic carboxylic acids is 1. The summed E-state index contributed by atoms with van der Waals surface area (Å²) in [5, 5.41) is 12.5. The van der Waals surface area contributed by atoms with E-state index in [0.717, 1.165) is 15.6 Å². The van der Waals surface area contributed by atoms with Crippen LogP contribution in [0.2, 0.25) is 5.02 Å². The highest BCUT2D eigenvalue weighted by atomic mass is 79.9. The molecule has 0 aliphatic rings. The fourth-order valence-corrected chi connectivity index (χ4v) is 2.80. The highest BCUT2D eigenvalue weighted by Gasteiger charge is 2.14. The highest BCUT2D eigenvalue weighted by Crippen LogP contribution is 2.34.